The molecule has 0 atom stereocenters. The van der Waals surface area contributed by atoms with Gasteiger partial charge >= 0.3 is 0 Å². The molecule has 1 N–H and O–H groups in total. The highest BCUT2D eigenvalue weighted by atomic mass is 35.5. The summed E-state index contributed by atoms with van der Waals surface area (Å²) in [6.45, 7) is 8.75. The van der Waals surface area contributed by atoms with Crippen LogP contribution in [0.3, 0.4) is 0 Å². The van der Waals surface area contributed by atoms with Crippen LogP contribution in [0.1, 0.15) is 12.0 Å². The number of nitrogens with zero attached hydrogens (tertiary/aromatic N) is 3. The monoisotopic (exact) mass is 390 g/mol. The average Bonchev–Trinajstić information content (AvgIpc) is 2.58. The second-order valence-electron chi connectivity index (χ2n) is 6.34. The quantitative estimate of drug-likeness (QED) is 0.772. The first-order chi connectivity index (χ1) is 11.1. The Balaban J connectivity index is 0.00000288. The number of carbonyl (C=O) groups excluding carboxylic acids is 1. The van der Waals surface area contributed by atoms with E-state index < -0.39 is 0 Å². The Morgan fingerprint density at radius 1 is 1.20 bits per heavy atom. The summed E-state index contributed by atoms with van der Waals surface area (Å²) in [6.07, 6.45) is 0.616. The van der Waals surface area contributed by atoms with Crippen LogP contribution in [-0.2, 0) is 4.79 Å². The zero-order chi connectivity index (χ0) is 16.7. The maximum absolute atomic E-state index is 12.1. The van der Waals surface area contributed by atoms with Gasteiger partial charge in [-0.2, -0.15) is 0 Å². The van der Waals surface area contributed by atoms with Crippen LogP contribution in [0.4, 0.5) is 5.69 Å². The molecule has 0 radical (unpaired) electrons. The van der Waals surface area contributed by atoms with Crippen molar-refractivity contribution in [2.45, 2.75) is 13.3 Å². The minimum atomic E-state index is 0. The maximum Gasteiger partial charge on any atom is 0.223 e. The van der Waals surface area contributed by atoms with E-state index in [2.05, 4.69) is 46.3 Å². The lowest BCUT2D eigenvalue weighted by atomic mass is 10.2. The molecule has 25 heavy (non-hydrogen) atoms. The van der Waals surface area contributed by atoms with Gasteiger partial charge in [-0.05, 0) is 31.7 Å². The SMILES string of the molecule is CNCCN(C)C(=O)CCN1CCN(c2cccc(C)c2)CC1.Cl.Cl. The van der Waals surface area contributed by atoms with Gasteiger partial charge in [-0.1, -0.05) is 12.1 Å². The van der Waals surface area contributed by atoms with E-state index >= 15 is 0 Å². The minimum Gasteiger partial charge on any atom is -0.369 e. The molecule has 0 aliphatic carbocycles. The molecule has 144 valence electrons. The van der Waals surface area contributed by atoms with Crippen molar-refractivity contribution in [2.24, 2.45) is 0 Å². The van der Waals surface area contributed by atoms with Gasteiger partial charge in [0.15, 0.2) is 0 Å². The Morgan fingerprint density at radius 3 is 2.48 bits per heavy atom. The third-order valence-corrected chi connectivity index (χ3v) is 4.50. The van der Waals surface area contributed by atoms with E-state index in [1.54, 1.807) is 0 Å². The largest absolute Gasteiger partial charge is 0.369 e. The molecule has 1 saturated heterocycles. The van der Waals surface area contributed by atoms with E-state index in [1.807, 2.05) is 19.0 Å². The van der Waals surface area contributed by atoms with Crippen LogP contribution >= 0.6 is 24.8 Å². The molecule has 1 aromatic rings. The lowest BCUT2D eigenvalue weighted by molar-refractivity contribution is -0.130. The van der Waals surface area contributed by atoms with Gasteiger partial charge in [-0.3, -0.25) is 9.69 Å². The topological polar surface area (TPSA) is 38.8 Å². The van der Waals surface area contributed by atoms with Crippen LogP contribution in [0.15, 0.2) is 24.3 Å². The zero-order valence-electron chi connectivity index (χ0n) is 15.5. The Labute approximate surface area is 164 Å². The zero-order valence-corrected chi connectivity index (χ0v) is 17.2. The summed E-state index contributed by atoms with van der Waals surface area (Å²) in [5.74, 6) is 0.237. The second kappa shape index (κ2) is 12.4. The van der Waals surface area contributed by atoms with Crippen molar-refractivity contribution in [3.05, 3.63) is 29.8 Å². The summed E-state index contributed by atoms with van der Waals surface area (Å²) in [5, 5.41) is 3.07. The number of rotatable bonds is 7. The van der Waals surface area contributed by atoms with E-state index in [0.717, 1.165) is 45.8 Å². The van der Waals surface area contributed by atoms with E-state index in [-0.39, 0.29) is 30.7 Å². The Hall–Kier alpha value is -1.01. The minimum absolute atomic E-state index is 0. The summed E-state index contributed by atoms with van der Waals surface area (Å²) < 4.78 is 0. The number of halogens is 2. The molecule has 1 fully saturated rings. The molecule has 5 nitrogen and oxygen atoms in total. The lowest BCUT2D eigenvalue weighted by Crippen LogP contribution is -2.47. The Bertz CT molecular complexity index is 508. The second-order valence-corrected chi connectivity index (χ2v) is 6.34. The molecule has 1 heterocycles. The van der Waals surface area contributed by atoms with Crippen LogP contribution in [0, 0.1) is 6.92 Å². The van der Waals surface area contributed by atoms with Crippen molar-refractivity contribution in [3.8, 4) is 0 Å². The van der Waals surface area contributed by atoms with Crippen LogP contribution in [0.25, 0.3) is 0 Å². The van der Waals surface area contributed by atoms with Crippen LogP contribution in [-0.4, -0.2) is 75.6 Å². The standard InChI is InChI=1S/C18H30N4O.2ClH/c1-16-5-4-6-17(15-16)22-13-11-21(12-14-22)9-7-18(23)20(3)10-8-19-2;;/h4-6,15,19H,7-14H2,1-3H3;2*1H. The van der Waals surface area contributed by atoms with Crippen molar-refractivity contribution >= 4 is 36.4 Å². The number of hydrogen-bond donors (Lipinski definition) is 1. The molecule has 0 bridgehead atoms. The number of hydrogen-bond acceptors (Lipinski definition) is 4. The first kappa shape index (κ1) is 24.0. The summed E-state index contributed by atoms with van der Waals surface area (Å²) >= 11 is 0. The van der Waals surface area contributed by atoms with Crippen molar-refractivity contribution in [2.75, 3.05) is 64.8 Å². The van der Waals surface area contributed by atoms with Gasteiger partial charge in [0.25, 0.3) is 0 Å². The fourth-order valence-corrected chi connectivity index (χ4v) is 2.90. The smallest absolute Gasteiger partial charge is 0.223 e. The van der Waals surface area contributed by atoms with Crippen LogP contribution in [0.5, 0.6) is 0 Å². The normalized spacial score (nSPS) is 14.4. The predicted octanol–water partition coefficient (Wildman–Crippen LogP) is 2.03. The highest BCUT2D eigenvalue weighted by Gasteiger charge is 2.18. The molecule has 0 unspecified atom stereocenters. The first-order valence-electron chi connectivity index (χ1n) is 8.52. The van der Waals surface area contributed by atoms with Gasteiger partial charge < -0.3 is 15.1 Å². The number of aryl methyl sites for hydroxylation is 1. The molecule has 1 aromatic carbocycles. The van der Waals surface area contributed by atoms with Gasteiger partial charge in [-0.25, -0.2) is 0 Å². The molecule has 1 amide bonds. The number of anilines is 1. The number of likely N-dealkylation sites (N-methyl/N-ethyl adjacent to an activating group) is 2. The number of nitrogens with one attached hydrogen (secondary N) is 1. The van der Waals surface area contributed by atoms with Gasteiger partial charge in [0.1, 0.15) is 0 Å². The first-order valence-corrected chi connectivity index (χ1v) is 8.52. The molecule has 1 aliphatic heterocycles. The summed E-state index contributed by atoms with van der Waals surface area (Å²) in [5.41, 5.74) is 2.62. The number of carbonyl (C=O) groups is 1. The molecular formula is C18H32Cl2N4O. The molecule has 1 aliphatic rings. The maximum atomic E-state index is 12.1. The van der Waals surface area contributed by atoms with Gasteiger partial charge in [-0.15, -0.1) is 24.8 Å². The Morgan fingerprint density at radius 2 is 1.88 bits per heavy atom. The van der Waals surface area contributed by atoms with Gasteiger partial charge in [0.05, 0.1) is 0 Å². The third-order valence-electron chi connectivity index (χ3n) is 4.50. The van der Waals surface area contributed by atoms with E-state index in [9.17, 15) is 4.79 Å². The summed E-state index contributed by atoms with van der Waals surface area (Å²) in [6, 6.07) is 8.69. The third kappa shape index (κ3) is 7.82. The highest BCUT2D eigenvalue weighted by molar-refractivity contribution is 5.85. The average molecular weight is 391 g/mol. The molecule has 2 rings (SSSR count). The van der Waals surface area contributed by atoms with E-state index in [1.165, 1.54) is 11.3 Å². The van der Waals surface area contributed by atoms with Gasteiger partial charge in [0, 0.05) is 65.0 Å². The highest BCUT2D eigenvalue weighted by Crippen LogP contribution is 2.17. The molecular weight excluding hydrogens is 359 g/mol. The van der Waals surface area contributed by atoms with Crippen molar-refractivity contribution < 1.29 is 4.79 Å². The predicted molar refractivity (Wildman–Crippen MR) is 111 cm³/mol. The molecule has 0 aromatic heterocycles. The fraction of sp³-hybridized carbons (Fsp3) is 0.611. The van der Waals surface area contributed by atoms with Crippen molar-refractivity contribution in [1.82, 2.24) is 15.1 Å². The number of piperazine rings is 1. The lowest BCUT2D eigenvalue weighted by Gasteiger charge is -2.36. The van der Waals surface area contributed by atoms with Gasteiger partial charge in [0.2, 0.25) is 5.91 Å². The van der Waals surface area contributed by atoms with Crippen molar-refractivity contribution in [3.63, 3.8) is 0 Å². The van der Waals surface area contributed by atoms with Crippen molar-refractivity contribution in [1.29, 1.82) is 0 Å². The van der Waals surface area contributed by atoms with Crippen LogP contribution in [0.2, 0.25) is 0 Å². The summed E-state index contributed by atoms with van der Waals surface area (Å²) in [4.78, 5) is 18.7. The van der Waals surface area contributed by atoms with E-state index in [0.29, 0.717) is 6.42 Å². The van der Waals surface area contributed by atoms with Crippen LogP contribution < -0.4 is 10.2 Å². The number of amides is 1. The molecule has 0 saturated carbocycles. The van der Waals surface area contributed by atoms with E-state index in [4.69, 9.17) is 0 Å². The molecule has 0 spiro atoms. The Kier molecular flexibility index (Phi) is 11.9. The fourth-order valence-electron chi connectivity index (χ4n) is 2.90. The number of benzene rings is 1. The molecule has 7 heteroatoms. The summed E-state index contributed by atoms with van der Waals surface area (Å²) in [7, 11) is 3.79.